The van der Waals surface area contributed by atoms with Crippen LogP contribution in [0.15, 0.2) is 42.7 Å². The molecule has 4 atom stereocenters. The second-order valence-electron chi connectivity index (χ2n) is 6.16. The van der Waals surface area contributed by atoms with Crippen molar-refractivity contribution in [3.63, 3.8) is 0 Å². The van der Waals surface area contributed by atoms with E-state index in [1.165, 1.54) is 6.33 Å². The second kappa shape index (κ2) is 7.64. The van der Waals surface area contributed by atoms with Gasteiger partial charge in [0.25, 0.3) is 0 Å². The van der Waals surface area contributed by atoms with E-state index in [-0.39, 0.29) is 6.61 Å². The van der Waals surface area contributed by atoms with Gasteiger partial charge >= 0.3 is 10.3 Å². The average Bonchev–Trinajstić information content (AvgIpc) is 2.88. The van der Waals surface area contributed by atoms with Crippen LogP contribution in [-0.4, -0.2) is 53.5 Å². The third-order valence-electron chi connectivity index (χ3n) is 4.32. The summed E-state index contributed by atoms with van der Waals surface area (Å²) in [6.45, 7) is -0.297. The van der Waals surface area contributed by atoms with Gasteiger partial charge in [-0.3, -0.25) is 4.18 Å². The molecule has 1 aliphatic carbocycles. The van der Waals surface area contributed by atoms with Gasteiger partial charge in [-0.2, -0.15) is 8.42 Å². The van der Waals surface area contributed by atoms with Gasteiger partial charge in [-0.05, 0) is 6.42 Å². The van der Waals surface area contributed by atoms with Crippen molar-refractivity contribution in [3.8, 4) is 11.3 Å². The standard InChI is InChI=1S/C16H20N4O5S/c17-26(23,24)25-8-11-6-13(16(22)15(11)21)20-14-7-12(18-9-19-14)10-4-2-1-3-5-10/h1-5,7,9,11,13,15-16,21-22H,6,8H2,(H2,17,23,24)(H,18,19,20)/t11-,13-,15-,16+/m1/s1. The molecule has 1 aliphatic rings. The van der Waals surface area contributed by atoms with Crippen molar-refractivity contribution in [2.24, 2.45) is 11.1 Å². The van der Waals surface area contributed by atoms with Crippen molar-refractivity contribution in [2.75, 3.05) is 11.9 Å². The van der Waals surface area contributed by atoms with Gasteiger partial charge in [0.15, 0.2) is 0 Å². The highest BCUT2D eigenvalue weighted by Gasteiger charge is 2.42. The fourth-order valence-electron chi connectivity index (χ4n) is 3.01. The monoisotopic (exact) mass is 380 g/mol. The van der Waals surface area contributed by atoms with E-state index < -0.39 is 34.5 Å². The lowest BCUT2D eigenvalue weighted by Crippen LogP contribution is -2.36. The molecule has 3 rings (SSSR count). The molecule has 0 spiro atoms. The average molecular weight is 380 g/mol. The lowest BCUT2D eigenvalue weighted by Gasteiger charge is -2.18. The molecule has 10 heteroatoms. The van der Waals surface area contributed by atoms with E-state index in [1.54, 1.807) is 6.07 Å². The summed E-state index contributed by atoms with van der Waals surface area (Å²) in [7, 11) is -4.10. The molecule has 2 aromatic rings. The Morgan fingerprint density at radius 3 is 2.62 bits per heavy atom. The van der Waals surface area contributed by atoms with Gasteiger partial charge in [-0.25, -0.2) is 15.1 Å². The predicted molar refractivity (Wildman–Crippen MR) is 94.1 cm³/mol. The van der Waals surface area contributed by atoms with E-state index in [1.807, 2.05) is 30.3 Å². The van der Waals surface area contributed by atoms with Crippen molar-refractivity contribution in [1.29, 1.82) is 0 Å². The molecule has 0 radical (unpaired) electrons. The lowest BCUT2D eigenvalue weighted by molar-refractivity contribution is 0.00778. The van der Waals surface area contributed by atoms with Gasteiger partial charge in [-0.1, -0.05) is 30.3 Å². The van der Waals surface area contributed by atoms with Gasteiger partial charge in [0.1, 0.15) is 18.2 Å². The largest absolute Gasteiger partial charge is 0.390 e. The van der Waals surface area contributed by atoms with E-state index in [2.05, 4.69) is 19.5 Å². The van der Waals surface area contributed by atoms with Crippen LogP contribution < -0.4 is 10.5 Å². The van der Waals surface area contributed by atoms with E-state index >= 15 is 0 Å². The molecule has 1 fully saturated rings. The van der Waals surface area contributed by atoms with Crippen LogP contribution in [-0.2, 0) is 14.5 Å². The van der Waals surface area contributed by atoms with Crippen LogP contribution in [0.3, 0.4) is 0 Å². The number of rotatable bonds is 6. The maximum atomic E-state index is 10.9. The minimum atomic E-state index is -4.10. The first kappa shape index (κ1) is 18.7. The van der Waals surface area contributed by atoms with Gasteiger partial charge in [0.05, 0.1) is 24.4 Å². The molecule has 0 aliphatic heterocycles. The maximum absolute atomic E-state index is 10.9. The summed E-state index contributed by atoms with van der Waals surface area (Å²) in [5, 5.41) is 28.2. The number of hydrogen-bond acceptors (Lipinski definition) is 8. The molecule has 1 aromatic heterocycles. The number of nitrogens with zero attached hydrogens (tertiary/aromatic N) is 2. The summed E-state index contributed by atoms with van der Waals surface area (Å²) in [6.07, 6.45) is -0.532. The number of hydrogen-bond donors (Lipinski definition) is 4. The molecule has 0 saturated heterocycles. The fourth-order valence-corrected chi connectivity index (χ4v) is 3.37. The topological polar surface area (TPSA) is 148 Å². The van der Waals surface area contributed by atoms with Gasteiger partial charge in [-0.15, -0.1) is 0 Å². The van der Waals surface area contributed by atoms with Crippen LogP contribution in [0.25, 0.3) is 11.3 Å². The molecular formula is C16H20N4O5S. The lowest BCUT2D eigenvalue weighted by atomic mass is 10.1. The Morgan fingerprint density at radius 2 is 1.92 bits per heavy atom. The molecule has 1 saturated carbocycles. The second-order valence-corrected chi connectivity index (χ2v) is 7.38. The highest BCUT2D eigenvalue weighted by molar-refractivity contribution is 7.84. The maximum Gasteiger partial charge on any atom is 0.333 e. The quantitative estimate of drug-likeness (QED) is 0.542. The predicted octanol–water partition coefficient (Wildman–Crippen LogP) is -0.114. The summed E-state index contributed by atoms with van der Waals surface area (Å²) in [4.78, 5) is 8.36. The molecule has 1 aromatic carbocycles. The highest BCUT2D eigenvalue weighted by atomic mass is 32.2. The summed E-state index contributed by atoms with van der Waals surface area (Å²) >= 11 is 0. The Kier molecular flexibility index (Phi) is 5.49. The first-order valence-electron chi connectivity index (χ1n) is 8.01. The molecule has 26 heavy (non-hydrogen) atoms. The number of nitrogens with one attached hydrogen (secondary N) is 1. The zero-order valence-electron chi connectivity index (χ0n) is 13.8. The minimum absolute atomic E-state index is 0.294. The number of anilines is 1. The van der Waals surface area contributed by atoms with Crippen molar-refractivity contribution < 1.29 is 22.8 Å². The van der Waals surface area contributed by atoms with Crippen molar-refractivity contribution in [1.82, 2.24) is 9.97 Å². The number of aromatic nitrogens is 2. The highest BCUT2D eigenvalue weighted by Crippen LogP contribution is 2.30. The third-order valence-corrected chi connectivity index (χ3v) is 4.78. The van der Waals surface area contributed by atoms with Crippen LogP contribution in [0.1, 0.15) is 6.42 Å². The van der Waals surface area contributed by atoms with E-state index in [0.29, 0.717) is 17.9 Å². The molecule has 9 nitrogen and oxygen atoms in total. The molecule has 0 bridgehead atoms. The summed E-state index contributed by atoms with van der Waals surface area (Å²) in [5.41, 5.74) is 1.63. The first-order chi connectivity index (χ1) is 12.3. The third kappa shape index (κ3) is 4.54. The number of aliphatic hydroxyl groups is 2. The Bertz CT molecular complexity index is 849. The van der Waals surface area contributed by atoms with Crippen molar-refractivity contribution in [2.45, 2.75) is 24.7 Å². The van der Waals surface area contributed by atoms with Crippen LogP contribution in [0.2, 0.25) is 0 Å². The Labute approximate surface area is 151 Å². The van der Waals surface area contributed by atoms with E-state index in [0.717, 1.165) is 5.56 Å². The molecule has 1 heterocycles. The van der Waals surface area contributed by atoms with E-state index in [9.17, 15) is 18.6 Å². The first-order valence-corrected chi connectivity index (χ1v) is 9.48. The van der Waals surface area contributed by atoms with Gasteiger partial charge in [0, 0.05) is 17.5 Å². The summed E-state index contributed by atoms with van der Waals surface area (Å²) in [6, 6.07) is 10.8. The van der Waals surface area contributed by atoms with Crippen LogP contribution in [0.5, 0.6) is 0 Å². The molecule has 5 N–H and O–H groups in total. The molecular weight excluding hydrogens is 360 g/mol. The smallest absolute Gasteiger partial charge is 0.333 e. The van der Waals surface area contributed by atoms with Gasteiger partial charge in [0.2, 0.25) is 0 Å². The van der Waals surface area contributed by atoms with Crippen molar-refractivity contribution in [3.05, 3.63) is 42.7 Å². The van der Waals surface area contributed by atoms with Crippen LogP contribution in [0, 0.1) is 5.92 Å². The summed E-state index contributed by atoms with van der Waals surface area (Å²) in [5.74, 6) is -0.0839. The van der Waals surface area contributed by atoms with Crippen LogP contribution >= 0.6 is 0 Å². The normalized spacial score (nSPS) is 26.0. The Balaban J connectivity index is 1.69. The molecule has 0 unspecified atom stereocenters. The Morgan fingerprint density at radius 1 is 1.19 bits per heavy atom. The molecule has 140 valence electrons. The van der Waals surface area contributed by atoms with Crippen LogP contribution in [0.4, 0.5) is 5.82 Å². The number of aliphatic hydroxyl groups excluding tert-OH is 2. The SMILES string of the molecule is NS(=O)(=O)OC[C@H]1C[C@@H](Nc2cc(-c3ccccc3)ncn2)[C@H](O)[C@@H]1O. The number of nitrogens with two attached hydrogens (primary N) is 1. The zero-order valence-corrected chi connectivity index (χ0v) is 14.6. The van der Waals surface area contributed by atoms with Crippen molar-refractivity contribution >= 4 is 16.1 Å². The van der Waals surface area contributed by atoms with E-state index in [4.69, 9.17) is 5.14 Å². The minimum Gasteiger partial charge on any atom is -0.390 e. The number of benzene rings is 1. The summed E-state index contributed by atoms with van der Waals surface area (Å²) < 4.78 is 26.3. The fraction of sp³-hybridized carbons (Fsp3) is 0.375. The molecule has 0 amide bonds. The Hall–Kier alpha value is -2.11. The zero-order chi connectivity index (χ0) is 18.7. The van der Waals surface area contributed by atoms with Gasteiger partial charge < -0.3 is 15.5 Å².